The van der Waals surface area contributed by atoms with Gasteiger partial charge < -0.3 is 14.0 Å². The van der Waals surface area contributed by atoms with Crippen LogP contribution in [0.2, 0.25) is 0 Å². The zero-order valence-electron chi connectivity index (χ0n) is 12.4. The number of methoxy groups -OCH3 is 2. The number of imidazole rings is 1. The first-order valence-corrected chi connectivity index (χ1v) is 7.69. The SMILES string of the molecule is COc1ccc(OC)c([N+](=O)[O-])c1-c1nc2n(c1C=O)CCS2. The van der Waals surface area contributed by atoms with Crippen LogP contribution in [0, 0.1) is 10.1 Å². The second kappa shape index (κ2) is 5.92. The summed E-state index contributed by atoms with van der Waals surface area (Å²) in [5.74, 6) is 1.17. The predicted molar refractivity (Wildman–Crippen MR) is 83.5 cm³/mol. The third-order valence-corrected chi connectivity index (χ3v) is 4.55. The summed E-state index contributed by atoms with van der Waals surface area (Å²) in [6, 6.07) is 3.02. The molecule has 1 aromatic heterocycles. The molecule has 0 aliphatic carbocycles. The molecule has 0 unspecified atom stereocenters. The van der Waals surface area contributed by atoms with Crippen molar-refractivity contribution in [1.82, 2.24) is 9.55 Å². The van der Waals surface area contributed by atoms with Gasteiger partial charge >= 0.3 is 5.69 Å². The Morgan fingerprint density at radius 1 is 1.35 bits per heavy atom. The highest BCUT2D eigenvalue weighted by atomic mass is 32.2. The van der Waals surface area contributed by atoms with Crippen molar-refractivity contribution in [3.05, 3.63) is 27.9 Å². The van der Waals surface area contributed by atoms with Gasteiger partial charge in [0.15, 0.2) is 17.2 Å². The first kappa shape index (κ1) is 15.3. The Bertz CT molecular complexity index is 802. The number of benzene rings is 1. The largest absolute Gasteiger partial charge is 0.496 e. The summed E-state index contributed by atoms with van der Waals surface area (Å²) in [6.07, 6.45) is 0.667. The van der Waals surface area contributed by atoms with Gasteiger partial charge in [-0.3, -0.25) is 14.9 Å². The molecule has 0 bridgehead atoms. The van der Waals surface area contributed by atoms with Crippen molar-refractivity contribution in [2.24, 2.45) is 0 Å². The summed E-state index contributed by atoms with van der Waals surface area (Å²) in [5.41, 5.74) is 0.433. The fourth-order valence-corrected chi connectivity index (χ4v) is 3.56. The summed E-state index contributed by atoms with van der Waals surface area (Å²) in [5, 5.41) is 12.2. The number of aldehydes is 1. The second-order valence-electron chi connectivity index (χ2n) is 4.70. The molecule has 0 saturated heterocycles. The Hall–Kier alpha value is -2.55. The van der Waals surface area contributed by atoms with Crippen LogP contribution in [0.5, 0.6) is 11.5 Å². The number of thioether (sulfide) groups is 1. The number of carbonyl (C=O) groups is 1. The molecule has 0 spiro atoms. The minimum absolute atomic E-state index is 0.0865. The topological polar surface area (TPSA) is 96.5 Å². The number of carbonyl (C=O) groups excluding carboxylic acids is 1. The van der Waals surface area contributed by atoms with Crippen molar-refractivity contribution < 1.29 is 19.2 Å². The van der Waals surface area contributed by atoms with Crippen molar-refractivity contribution in [3.8, 4) is 22.8 Å². The highest BCUT2D eigenvalue weighted by molar-refractivity contribution is 7.99. The Labute approximate surface area is 135 Å². The molecule has 0 N–H and O–H groups in total. The van der Waals surface area contributed by atoms with Gasteiger partial charge in [-0.1, -0.05) is 11.8 Å². The van der Waals surface area contributed by atoms with Gasteiger partial charge in [0.05, 0.1) is 19.1 Å². The summed E-state index contributed by atoms with van der Waals surface area (Å²) < 4.78 is 12.1. The van der Waals surface area contributed by atoms with Crippen LogP contribution in [0.3, 0.4) is 0 Å². The standard InChI is InChI=1S/C14H13N3O5S/c1-21-9-3-4-10(22-2)13(17(19)20)11(9)12-8(7-18)16-5-6-23-14(16)15-12/h3-4,7H,5-6H2,1-2H3. The lowest BCUT2D eigenvalue weighted by atomic mass is 10.1. The molecule has 1 aliphatic rings. The van der Waals surface area contributed by atoms with Crippen molar-refractivity contribution in [1.29, 1.82) is 0 Å². The van der Waals surface area contributed by atoms with Crippen LogP contribution in [-0.4, -0.2) is 40.7 Å². The highest BCUT2D eigenvalue weighted by Crippen LogP contribution is 2.45. The Morgan fingerprint density at radius 2 is 2.04 bits per heavy atom. The normalized spacial score (nSPS) is 12.8. The quantitative estimate of drug-likeness (QED) is 0.470. The van der Waals surface area contributed by atoms with E-state index in [0.717, 1.165) is 5.75 Å². The molecule has 1 aliphatic heterocycles. The van der Waals surface area contributed by atoms with E-state index in [1.54, 1.807) is 10.6 Å². The molecule has 0 fully saturated rings. The smallest absolute Gasteiger partial charge is 0.324 e. The molecular formula is C14H13N3O5S. The first-order valence-electron chi connectivity index (χ1n) is 6.70. The molecule has 120 valence electrons. The Balaban J connectivity index is 2.35. The Kier molecular flexibility index (Phi) is 3.95. The molecular weight excluding hydrogens is 322 g/mol. The lowest BCUT2D eigenvalue weighted by molar-refractivity contribution is -0.385. The van der Waals surface area contributed by atoms with E-state index in [1.165, 1.54) is 32.0 Å². The minimum Gasteiger partial charge on any atom is -0.496 e. The number of hydrogen-bond acceptors (Lipinski definition) is 7. The molecule has 23 heavy (non-hydrogen) atoms. The van der Waals surface area contributed by atoms with Crippen molar-refractivity contribution in [2.75, 3.05) is 20.0 Å². The molecule has 0 atom stereocenters. The average Bonchev–Trinajstić information content (AvgIpc) is 3.13. The maximum atomic E-state index is 11.6. The van der Waals surface area contributed by atoms with Crippen LogP contribution in [0.25, 0.3) is 11.3 Å². The number of nitrogens with zero attached hydrogens (tertiary/aromatic N) is 3. The van der Waals surface area contributed by atoms with E-state index in [-0.39, 0.29) is 28.4 Å². The number of rotatable bonds is 5. The zero-order chi connectivity index (χ0) is 16.6. The zero-order valence-corrected chi connectivity index (χ0v) is 13.3. The van der Waals surface area contributed by atoms with Crippen molar-refractivity contribution in [3.63, 3.8) is 0 Å². The number of fused-ring (bicyclic) bond motifs is 1. The molecule has 1 aromatic carbocycles. The van der Waals surface area contributed by atoms with Gasteiger partial charge in [-0.15, -0.1) is 0 Å². The van der Waals surface area contributed by atoms with Crippen molar-refractivity contribution in [2.45, 2.75) is 11.7 Å². The molecule has 2 aromatic rings. The monoisotopic (exact) mass is 335 g/mol. The number of ether oxygens (including phenoxy) is 2. The molecule has 0 saturated carbocycles. The molecule has 2 heterocycles. The molecule has 8 nitrogen and oxygen atoms in total. The van der Waals surface area contributed by atoms with Crippen LogP contribution in [0.4, 0.5) is 5.69 Å². The van der Waals surface area contributed by atoms with Crippen LogP contribution in [-0.2, 0) is 6.54 Å². The first-order chi connectivity index (χ1) is 11.1. The van der Waals surface area contributed by atoms with Gasteiger partial charge in [0, 0.05) is 12.3 Å². The summed E-state index contributed by atoms with van der Waals surface area (Å²) in [4.78, 5) is 27.0. The van der Waals surface area contributed by atoms with E-state index < -0.39 is 4.92 Å². The maximum Gasteiger partial charge on any atom is 0.324 e. The third kappa shape index (κ3) is 2.33. The number of aromatic nitrogens is 2. The van der Waals surface area contributed by atoms with E-state index in [1.807, 2.05) is 0 Å². The van der Waals surface area contributed by atoms with E-state index in [4.69, 9.17) is 9.47 Å². The van der Waals surface area contributed by atoms with Gasteiger partial charge in [0.1, 0.15) is 22.7 Å². The fraction of sp³-hybridized carbons (Fsp3) is 0.286. The molecule has 3 rings (SSSR count). The second-order valence-corrected chi connectivity index (χ2v) is 5.76. The van der Waals surface area contributed by atoms with Crippen LogP contribution >= 0.6 is 11.8 Å². The average molecular weight is 335 g/mol. The molecule has 9 heteroatoms. The summed E-state index contributed by atoms with van der Waals surface area (Å²) in [7, 11) is 2.76. The van der Waals surface area contributed by atoms with Gasteiger partial charge in [-0.2, -0.15) is 0 Å². The summed E-state index contributed by atoms with van der Waals surface area (Å²) >= 11 is 1.50. The maximum absolute atomic E-state index is 11.6. The van der Waals surface area contributed by atoms with Gasteiger partial charge in [0.2, 0.25) is 0 Å². The van der Waals surface area contributed by atoms with E-state index in [9.17, 15) is 14.9 Å². The minimum atomic E-state index is -0.553. The molecule has 0 amide bonds. The van der Waals surface area contributed by atoms with Gasteiger partial charge in [-0.25, -0.2) is 4.98 Å². The van der Waals surface area contributed by atoms with Crippen molar-refractivity contribution >= 4 is 23.7 Å². The summed E-state index contributed by atoms with van der Waals surface area (Å²) in [6.45, 7) is 0.640. The third-order valence-electron chi connectivity index (χ3n) is 3.59. The van der Waals surface area contributed by atoms with Crippen LogP contribution < -0.4 is 9.47 Å². The molecule has 0 radical (unpaired) electrons. The van der Waals surface area contributed by atoms with Crippen LogP contribution in [0.1, 0.15) is 10.5 Å². The number of nitro groups is 1. The van der Waals surface area contributed by atoms with E-state index >= 15 is 0 Å². The van der Waals surface area contributed by atoms with E-state index in [0.29, 0.717) is 23.7 Å². The van der Waals surface area contributed by atoms with Gasteiger partial charge in [0.25, 0.3) is 0 Å². The predicted octanol–water partition coefficient (Wildman–Crippen LogP) is 2.39. The van der Waals surface area contributed by atoms with Gasteiger partial charge in [-0.05, 0) is 12.1 Å². The van der Waals surface area contributed by atoms with Crippen LogP contribution in [0.15, 0.2) is 17.3 Å². The highest BCUT2D eigenvalue weighted by Gasteiger charge is 2.32. The van der Waals surface area contributed by atoms with E-state index in [2.05, 4.69) is 4.98 Å². The fourth-order valence-electron chi connectivity index (χ4n) is 2.60. The lowest BCUT2D eigenvalue weighted by Crippen LogP contribution is -2.03. The lowest BCUT2D eigenvalue weighted by Gasteiger charge is -2.11. The number of nitro benzene ring substituents is 1. The number of hydrogen-bond donors (Lipinski definition) is 0. The Morgan fingerprint density at radius 3 is 2.65 bits per heavy atom.